The van der Waals surface area contributed by atoms with Gasteiger partial charge in [0.25, 0.3) is 5.91 Å². The molecule has 25 heavy (non-hydrogen) atoms. The van der Waals surface area contributed by atoms with Crippen molar-refractivity contribution >= 4 is 17.6 Å². The van der Waals surface area contributed by atoms with E-state index in [0.717, 1.165) is 6.20 Å². The number of carbonyl (C=O) groups excluding carboxylic acids is 1. The van der Waals surface area contributed by atoms with Crippen molar-refractivity contribution in [1.82, 2.24) is 9.78 Å². The Morgan fingerprint density at radius 2 is 1.76 bits per heavy atom. The van der Waals surface area contributed by atoms with Gasteiger partial charge in [-0.2, -0.15) is 5.10 Å². The number of nitrogens with zero attached hydrogens (tertiary/aromatic N) is 2. The summed E-state index contributed by atoms with van der Waals surface area (Å²) in [4.78, 5) is 23.8. The second-order valence-electron chi connectivity index (χ2n) is 5.20. The normalized spacial score (nSPS) is 10.3. The number of aromatic nitrogens is 2. The zero-order valence-corrected chi connectivity index (χ0v) is 13.3. The Hall–Kier alpha value is -3.61. The van der Waals surface area contributed by atoms with Gasteiger partial charge in [-0.3, -0.25) is 9.48 Å². The molecule has 3 rings (SSSR count). The molecule has 7 heteroatoms. The van der Waals surface area contributed by atoms with Gasteiger partial charge in [0.05, 0.1) is 11.9 Å². The van der Waals surface area contributed by atoms with E-state index in [-0.39, 0.29) is 11.3 Å². The van der Waals surface area contributed by atoms with Gasteiger partial charge >= 0.3 is 5.97 Å². The number of ether oxygens (including phenoxy) is 1. The number of amides is 1. The van der Waals surface area contributed by atoms with Crippen LogP contribution in [-0.2, 0) is 7.05 Å². The maximum absolute atomic E-state index is 12.5. The lowest BCUT2D eigenvalue weighted by atomic mass is 10.2. The molecule has 126 valence electrons. The van der Waals surface area contributed by atoms with E-state index in [9.17, 15) is 14.7 Å². The second-order valence-corrected chi connectivity index (χ2v) is 5.20. The standard InChI is InChI=1S/C18H15N3O4/c1-21-16(13(11-19-21)18(23)24)17(22)20-14-9-5-6-10-15(14)25-12-7-3-2-4-8-12/h2-11H,1H3,(H,20,22)(H,23,24). The molecule has 7 nitrogen and oxygen atoms in total. The first-order valence-corrected chi connectivity index (χ1v) is 7.45. The van der Waals surface area contributed by atoms with Crippen molar-refractivity contribution in [1.29, 1.82) is 0 Å². The van der Waals surface area contributed by atoms with E-state index in [1.807, 2.05) is 18.2 Å². The van der Waals surface area contributed by atoms with E-state index >= 15 is 0 Å². The number of aryl methyl sites for hydroxylation is 1. The summed E-state index contributed by atoms with van der Waals surface area (Å²) in [5, 5.41) is 15.7. The Morgan fingerprint density at radius 3 is 2.48 bits per heavy atom. The van der Waals surface area contributed by atoms with Crippen molar-refractivity contribution in [2.24, 2.45) is 7.05 Å². The molecule has 0 atom stereocenters. The average Bonchev–Trinajstić information content (AvgIpc) is 2.99. The quantitative estimate of drug-likeness (QED) is 0.746. The highest BCUT2D eigenvalue weighted by Gasteiger charge is 2.22. The molecule has 1 amide bonds. The topological polar surface area (TPSA) is 93.5 Å². The summed E-state index contributed by atoms with van der Waals surface area (Å²) in [6.07, 6.45) is 1.14. The summed E-state index contributed by atoms with van der Waals surface area (Å²) < 4.78 is 7.00. The number of hydrogen-bond donors (Lipinski definition) is 2. The highest BCUT2D eigenvalue weighted by molar-refractivity contribution is 6.10. The average molecular weight is 337 g/mol. The monoisotopic (exact) mass is 337 g/mol. The molecule has 0 saturated heterocycles. The van der Waals surface area contributed by atoms with E-state index in [1.54, 1.807) is 36.4 Å². The molecule has 0 bridgehead atoms. The Morgan fingerprint density at radius 1 is 1.08 bits per heavy atom. The number of anilines is 1. The molecule has 3 aromatic rings. The van der Waals surface area contributed by atoms with E-state index in [1.165, 1.54) is 11.7 Å². The van der Waals surface area contributed by atoms with Gasteiger partial charge in [0, 0.05) is 7.05 Å². The second kappa shape index (κ2) is 6.88. The maximum Gasteiger partial charge on any atom is 0.339 e. The first kappa shape index (κ1) is 16.3. The summed E-state index contributed by atoms with van der Waals surface area (Å²) in [7, 11) is 1.51. The smallest absolute Gasteiger partial charge is 0.339 e. The van der Waals surface area contributed by atoms with Gasteiger partial charge in [-0.15, -0.1) is 0 Å². The predicted molar refractivity (Wildman–Crippen MR) is 91.1 cm³/mol. The van der Waals surface area contributed by atoms with Crippen LogP contribution in [-0.4, -0.2) is 26.8 Å². The highest BCUT2D eigenvalue weighted by atomic mass is 16.5. The van der Waals surface area contributed by atoms with Crippen LogP contribution in [0.5, 0.6) is 11.5 Å². The Kier molecular flexibility index (Phi) is 4.47. The van der Waals surface area contributed by atoms with Crippen molar-refractivity contribution in [2.75, 3.05) is 5.32 Å². The number of carboxylic acid groups (broad SMARTS) is 1. The fourth-order valence-electron chi connectivity index (χ4n) is 2.32. The minimum Gasteiger partial charge on any atom is -0.478 e. The third-order valence-electron chi connectivity index (χ3n) is 3.49. The van der Waals surface area contributed by atoms with Crippen LogP contribution in [0.25, 0.3) is 0 Å². The molecular formula is C18H15N3O4. The van der Waals surface area contributed by atoms with Crippen LogP contribution in [0.1, 0.15) is 20.8 Å². The van der Waals surface area contributed by atoms with Crippen LogP contribution >= 0.6 is 0 Å². The van der Waals surface area contributed by atoms with E-state index in [2.05, 4.69) is 10.4 Å². The summed E-state index contributed by atoms with van der Waals surface area (Å²) in [5.41, 5.74) is 0.220. The van der Waals surface area contributed by atoms with Gasteiger partial charge in [0.15, 0.2) is 5.75 Å². The molecule has 0 aliphatic rings. The molecule has 0 spiro atoms. The fourth-order valence-corrected chi connectivity index (χ4v) is 2.32. The van der Waals surface area contributed by atoms with Crippen molar-refractivity contribution < 1.29 is 19.4 Å². The SMILES string of the molecule is Cn1ncc(C(=O)O)c1C(=O)Nc1ccccc1Oc1ccccc1. The molecule has 0 aliphatic carbocycles. The lowest BCUT2D eigenvalue weighted by molar-refractivity contribution is 0.0692. The summed E-state index contributed by atoms with van der Waals surface area (Å²) in [6.45, 7) is 0. The van der Waals surface area contributed by atoms with E-state index in [0.29, 0.717) is 17.2 Å². The zero-order chi connectivity index (χ0) is 17.8. The predicted octanol–water partition coefficient (Wildman–Crippen LogP) is 3.16. The number of nitrogens with one attached hydrogen (secondary N) is 1. The van der Waals surface area contributed by atoms with Crippen LogP contribution in [0, 0.1) is 0 Å². The Labute approximate surface area is 143 Å². The third kappa shape index (κ3) is 3.50. The molecule has 2 aromatic carbocycles. The van der Waals surface area contributed by atoms with Gasteiger partial charge in [-0.1, -0.05) is 30.3 Å². The molecule has 1 aromatic heterocycles. The molecular weight excluding hydrogens is 322 g/mol. The van der Waals surface area contributed by atoms with Gasteiger partial charge in [-0.25, -0.2) is 4.79 Å². The lowest BCUT2D eigenvalue weighted by Crippen LogP contribution is -2.19. The number of carbonyl (C=O) groups is 2. The minimum absolute atomic E-state index is 0.0398. The van der Waals surface area contributed by atoms with Gasteiger partial charge in [0.1, 0.15) is 17.0 Å². The van der Waals surface area contributed by atoms with Crippen molar-refractivity contribution in [2.45, 2.75) is 0 Å². The van der Waals surface area contributed by atoms with Crippen molar-refractivity contribution in [3.05, 3.63) is 72.1 Å². The number of para-hydroxylation sites is 3. The third-order valence-corrected chi connectivity index (χ3v) is 3.49. The molecule has 1 heterocycles. The lowest BCUT2D eigenvalue weighted by Gasteiger charge is -2.12. The molecule has 0 radical (unpaired) electrons. The Balaban J connectivity index is 1.88. The molecule has 2 N–H and O–H groups in total. The summed E-state index contributed by atoms with van der Waals surface area (Å²) >= 11 is 0. The number of rotatable bonds is 5. The summed E-state index contributed by atoms with van der Waals surface area (Å²) in [5.74, 6) is -0.731. The van der Waals surface area contributed by atoms with Gasteiger partial charge < -0.3 is 15.2 Å². The number of aromatic carboxylic acids is 1. The minimum atomic E-state index is -1.22. The largest absolute Gasteiger partial charge is 0.478 e. The summed E-state index contributed by atoms with van der Waals surface area (Å²) in [6, 6.07) is 16.0. The number of benzene rings is 2. The number of hydrogen-bond acceptors (Lipinski definition) is 4. The highest BCUT2D eigenvalue weighted by Crippen LogP contribution is 2.29. The Bertz CT molecular complexity index is 919. The zero-order valence-electron chi connectivity index (χ0n) is 13.3. The molecule has 0 unspecified atom stereocenters. The van der Waals surface area contributed by atoms with Gasteiger partial charge in [-0.05, 0) is 24.3 Å². The molecule has 0 fully saturated rings. The number of carboxylic acids is 1. The van der Waals surface area contributed by atoms with Crippen molar-refractivity contribution in [3.8, 4) is 11.5 Å². The fraction of sp³-hybridized carbons (Fsp3) is 0.0556. The first-order valence-electron chi connectivity index (χ1n) is 7.45. The van der Waals surface area contributed by atoms with Crippen LogP contribution in [0.4, 0.5) is 5.69 Å². The van der Waals surface area contributed by atoms with Crippen molar-refractivity contribution in [3.63, 3.8) is 0 Å². The molecule has 0 aliphatic heterocycles. The van der Waals surface area contributed by atoms with Crippen LogP contribution in [0.2, 0.25) is 0 Å². The van der Waals surface area contributed by atoms with E-state index in [4.69, 9.17) is 4.74 Å². The van der Waals surface area contributed by atoms with Crippen LogP contribution in [0.3, 0.4) is 0 Å². The van der Waals surface area contributed by atoms with E-state index < -0.39 is 11.9 Å². The van der Waals surface area contributed by atoms with Gasteiger partial charge in [0.2, 0.25) is 0 Å². The maximum atomic E-state index is 12.5. The van der Waals surface area contributed by atoms with Crippen LogP contribution < -0.4 is 10.1 Å². The first-order chi connectivity index (χ1) is 12.1. The molecule has 0 saturated carbocycles. The van der Waals surface area contributed by atoms with Crippen LogP contribution in [0.15, 0.2) is 60.8 Å².